The molecule has 2 N–H and O–H groups in total. The highest BCUT2D eigenvalue weighted by Crippen LogP contribution is 1.72. The third-order valence-electron chi connectivity index (χ3n) is 0.714. The molecule has 0 aliphatic carbocycles. The van der Waals surface area contributed by atoms with E-state index >= 15 is 0 Å². The van der Waals surface area contributed by atoms with Gasteiger partial charge in [-0.3, -0.25) is 0 Å². The summed E-state index contributed by atoms with van der Waals surface area (Å²) in [5, 5.41) is 2.51. The van der Waals surface area contributed by atoms with Crippen LogP contribution in [0.3, 0.4) is 0 Å². The van der Waals surface area contributed by atoms with Crippen molar-refractivity contribution in [2.45, 2.75) is 13.3 Å². The Labute approximate surface area is 54.5 Å². The molecule has 1 amide bonds. The lowest BCUT2D eigenvalue weighted by Crippen LogP contribution is -2.28. The van der Waals surface area contributed by atoms with Crippen LogP contribution in [0.25, 0.3) is 0 Å². The third kappa shape index (κ3) is 5.10. The molecule has 54 valence electrons. The predicted molar refractivity (Wildman–Crippen MR) is 33.8 cm³/mol. The molecule has 0 aromatic carbocycles. The Morgan fingerprint density at radius 1 is 1.67 bits per heavy atom. The highest BCUT2D eigenvalue weighted by Gasteiger charge is 1.95. The molecule has 0 aromatic heterocycles. The van der Waals surface area contributed by atoms with Crippen LogP contribution in [0.15, 0.2) is 0 Å². The maximum absolute atomic E-state index is 10.4. The summed E-state index contributed by atoms with van der Waals surface area (Å²) in [6.45, 7) is 2.63. The van der Waals surface area contributed by atoms with E-state index in [1.807, 2.05) is 6.92 Å². The van der Waals surface area contributed by atoms with Gasteiger partial charge in [-0.1, -0.05) is 6.92 Å². The molecule has 0 heterocycles. The Bertz CT molecular complexity index is 85.0. The van der Waals surface area contributed by atoms with Gasteiger partial charge >= 0.3 is 6.09 Å². The third-order valence-corrected chi connectivity index (χ3v) is 0.714. The number of amides is 1. The van der Waals surface area contributed by atoms with E-state index < -0.39 is 6.09 Å². The summed E-state index contributed by atoms with van der Waals surface area (Å²) in [5.41, 5.74) is 2.26. The van der Waals surface area contributed by atoms with Crippen molar-refractivity contribution in [1.29, 1.82) is 0 Å². The van der Waals surface area contributed by atoms with Gasteiger partial charge in [0.1, 0.15) is 0 Å². The van der Waals surface area contributed by atoms with Crippen LogP contribution in [0.1, 0.15) is 13.3 Å². The minimum absolute atomic E-state index is 0.431. The normalized spacial score (nSPS) is 8.67. The van der Waals surface area contributed by atoms with Gasteiger partial charge in [0.05, 0.1) is 0 Å². The van der Waals surface area contributed by atoms with Gasteiger partial charge in [0.2, 0.25) is 0 Å². The molecule has 0 bridgehead atoms. The molecule has 0 saturated heterocycles. The fourth-order valence-electron chi connectivity index (χ4n) is 0.356. The first-order chi connectivity index (χ1) is 4.31. The molecule has 0 fully saturated rings. The van der Waals surface area contributed by atoms with Gasteiger partial charge in [0, 0.05) is 13.6 Å². The zero-order valence-electron chi connectivity index (χ0n) is 5.73. The maximum Gasteiger partial charge on any atom is 0.426 e. The van der Waals surface area contributed by atoms with Crippen LogP contribution in [0.4, 0.5) is 4.79 Å². The Kier molecular flexibility index (Phi) is 4.91. The van der Waals surface area contributed by atoms with Crippen LogP contribution in [0.5, 0.6) is 0 Å². The zero-order chi connectivity index (χ0) is 7.11. The first kappa shape index (κ1) is 8.23. The SMILES string of the molecule is CCCNC(=O)ONC. The van der Waals surface area contributed by atoms with Gasteiger partial charge < -0.3 is 10.2 Å². The van der Waals surface area contributed by atoms with E-state index in [1.165, 1.54) is 7.05 Å². The quantitative estimate of drug-likeness (QED) is 0.541. The monoisotopic (exact) mass is 132 g/mol. The number of carbonyl (C=O) groups excluding carboxylic acids is 1. The standard InChI is InChI=1S/C5H12N2O2/c1-3-4-7-5(8)9-6-2/h6H,3-4H2,1-2H3,(H,7,8). The van der Waals surface area contributed by atoms with Crippen LogP contribution in [-0.2, 0) is 4.84 Å². The average molecular weight is 132 g/mol. The summed E-state index contributed by atoms with van der Waals surface area (Å²) in [5.74, 6) is 0. The van der Waals surface area contributed by atoms with Crippen molar-refractivity contribution in [2.75, 3.05) is 13.6 Å². The molecule has 0 atom stereocenters. The molecule has 9 heavy (non-hydrogen) atoms. The van der Waals surface area contributed by atoms with Crippen molar-refractivity contribution >= 4 is 6.09 Å². The van der Waals surface area contributed by atoms with E-state index in [1.54, 1.807) is 0 Å². The lowest BCUT2D eigenvalue weighted by Gasteiger charge is -2.01. The van der Waals surface area contributed by atoms with Crippen molar-refractivity contribution in [1.82, 2.24) is 10.8 Å². The zero-order valence-corrected chi connectivity index (χ0v) is 5.73. The first-order valence-electron chi connectivity index (χ1n) is 2.92. The molecule has 0 spiro atoms. The van der Waals surface area contributed by atoms with Crippen LogP contribution >= 0.6 is 0 Å². The van der Waals surface area contributed by atoms with Gasteiger partial charge in [0.15, 0.2) is 0 Å². The Morgan fingerprint density at radius 2 is 2.33 bits per heavy atom. The number of hydrogen-bond donors (Lipinski definition) is 2. The van der Waals surface area contributed by atoms with Crippen LogP contribution in [-0.4, -0.2) is 19.7 Å². The summed E-state index contributed by atoms with van der Waals surface area (Å²) in [7, 11) is 1.53. The Morgan fingerprint density at radius 3 is 2.78 bits per heavy atom. The van der Waals surface area contributed by atoms with Gasteiger partial charge in [-0.25, -0.2) is 4.79 Å². The molecular weight excluding hydrogens is 120 g/mol. The fraction of sp³-hybridized carbons (Fsp3) is 0.800. The summed E-state index contributed by atoms with van der Waals surface area (Å²) in [6, 6.07) is 0. The largest absolute Gasteiger partial charge is 0.426 e. The van der Waals surface area contributed by atoms with Crippen molar-refractivity contribution in [3.63, 3.8) is 0 Å². The van der Waals surface area contributed by atoms with Gasteiger partial charge in [-0.15, -0.1) is 0 Å². The summed E-state index contributed by atoms with van der Waals surface area (Å²) in [6.07, 6.45) is 0.484. The van der Waals surface area contributed by atoms with E-state index in [0.717, 1.165) is 6.42 Å². The molecule has 0 aliphatic heterocycles. The molecule has 0 rings (SSSR count). The molecular formula is C5H12N2O2. The number of rotatable bonds is 3. The molecule has 0 aromatic rings. The van der Waals surface area contributed by atoms with Crippen LogP contribution in [0, 0.1) is 0 Å². The minimum Gasteiger partial charge on any atom is -0.354 e. The maximum atomic E-state index is 10.4. The second-order valence-electron chi connectivity index (χ2n) is 1.52. The lowest BCUT2D eigenvalue weighted by molar-refractivity contribution is 0.103. The van der Waals surface area contributed by atoms with Gasteiger partial charge in [-0.2, -0.15) is 5.48 Å². The number of hydrogen-bond acceptors (Lipinski definition) is 3. The van der Waals surface area contributed by atoms with E-state index in [2.05, 4.69) is 15.6 Å². The number of nitrogens with one attached hydrogen (secondary N) is 2. The van der Waals surface area contributed by atoms with Crippen molar-refractivity contribution in [2.24, 2.45) is 0 Å². The molecule has 4 heteroatoms. The molecule has 0 unspecified atom stereocenters. The van der Waals surface area contributed by atoms with Crippen molar-refractivity contribution < 1.29 is 9.63 Å². The highest BCUT2D eigenvalue weighted by atomic mass is 16.7. The summed E-state index contributed by atoms with van der Waals surface area (Å²) >= 11 is 0. The summed E-state index contributed by atoms with van der Waals surface area (Å²) < 4.78 is 0. The molecule has 0 radical (unpaired) electrons. The van der Waals surface area contributed by atoms with E-state index in [0.29, 0.717) is 6.54 Å². The number of carbonyl (C=O) groups is 1. The second kappa shape index (κ2) is 5.37. The second-order valence-corrected chi connectivity index (χ2v) is 1.52. The topological polar surface area (TPSA) is 50.4 Å². The molecule has 0 aliphatic rings. The number of hydroxylamine groups is 1. The van der Waals surface area contributed by atoms with E-state index in [9.17, 15) is 4.79 Å². The average Bonchev–Trinajstić information content (AvgIpc) is 1.85. The Balaban J connectivity index is 3.06. The van der Waals surface area contributed by atoms with Crippen molar-refractivity contribution in [3.8, 4) is 0 Å². The van der Waals surface area contributed by atoms with E-state index in [4.69, 9.17) is 0 Å². The molecule has 0 saturated carbocycles. The Hall–Kier alpha value is -0.770. The summed E-state index contributed by atoms with van der Waals surface area (Å²) in [4.78, 5) is 14.8. The lowest BCUT2D eigenvalue weighted by atomic mass is 10.5. The predicted octanol–water partition coefficient (Wildman–Crippen LogP) is 0.257. The fourth-order valence-corrected chi connectivity index (χ4v) is 0.356. The first-order valence-corrected chi connectivity index (χ1v) is 2.92. The molecule has 4 nitrogen and oxygen atoms in total. The highest BCUT2D eigenvalue weighted by molar-refractivity contribution is 5.66. The smallest absolute Gasteiger partial charge is 0.354 e. The minimum atomic E-state index is -0.431. The van der Waals surface area contributed by atoms with Gasteiger partial charge in [0.25, 0.3) is 0 Å². The van der Waals surface area contributed by atoms with Crippen LogP contribution in [0.2, 0.25) is 0 Å². The van der Waals surface area contributed by atoms with E-state index in [-0.39, 0.29) is 0 Å². The van der Waals surface area contributed by atoms with Gasteiger partial charge in [-0.05, 0) is 6.42 Å². The van der Waals surface area contributed by atoms with Crippen LogP contribution < -0.4 is 10.8 Å². The van der Waals surface area contributed by atoms with Crippen molar-refractivity contribution in [3.05, 3.63) is 0 Å².